The van der Waals surface area contributed by atoms with Gasteiger partial charge in [-0.15, -0.1) is 0 Å². The van der Waals surface area contributed by atoms with Crippen molar-refractivity contribution in [1.82, 2.24) is 9.21 Å². The van der Waals surface area contributed by atoms with E-state index >= 15 is 0 Å². The molecular formula is C21H24Cl2N2O3S. The van der Waals surface area contributed by atoms with Gasteiger partial charge in [0, 0.05) is 37.3 Å². The lowest BCUT2D eigenvalue weighted by atomic mass is 10.0. The molecule has 1 fully saturated rings. The molecule has 1 heterocycles. The van der Waals surface area contributed by atoms with Gasteiger partial charge in [0.2, 0.25) is 10.0 Å². The van der Waals surface area contributed by atoms with Gasteiger partial charge in [0.15, 0.2) is 0 Å². The summed E-state index contributed by atoms with van der Waals surface area (Å²) in [6.45, 7) is 3.27. The van der Waals surface area contributed by atoms with Crippen molar-refractivity contribution in [2.45, 2.75) is 31.2 Å². The lowest BCUT2D eigenvalue weighted by molar-refractivity contribution is 0.0785. The van der Waals surface area contributed by atoms with Crippen LogP contribution in [0.5, 0.6) is 0 Å². The number of hydrogen-bond donors (Lipinski definition) is 0. The minimum Gasteiger partial charge on any atom is -0.337 e. The number of rotatable bonds is 5. The topological polar surface area (TPSA) is 57.7 Å². The molecule has 1 unspecified atom stereocenters. The van der Waals surface area contributed by atoms with Gasteiger partial charge in [-0.05, 0) is 48.6 Å². The predicted octanol–water partition coefficient (Wildman–Crippen LogP) is 4.69. The Labute approximate surface area is 182 Å². The molecule has 0 aliphatic carbocycles. The second kappa shape index (κ2) is 9.04. The van der Waals surface area contributed by atoms with E-state index in [1.54, 1.807) is 19.2 Å². The molecule has 0 N–H and O–H groups in total. The van der Waals surface area contributed by atoms with Gasteiger partial charge < -0.3 is 4.90 Å². The molecule has 0 radical (unpaired) electrons. The van der Waals surface area contributed by atoms with E-state index in [9.17, 15) is 13.2 Å². The summed E-state index contributed by atoms with van der Waals surface area (Å²) in [4.78, 5) is 14.4. The average Bonchev–Trinajstić information content (AvgIpc) is 2.69. The molecule has 1 aliphatic heterocycles. The number of carbonyl (C=O) groups excluding carboxylic acids is 1. The van der Waals surface area contributed by atoms with Crippen LogP contribution in [-0.4, -0.2) is 43.7 Å². The molecule has 2 aromatic carbocycles. The lowest BCUT2D eigenvalue weighted by Crippen LogP contribution is -2.39. The van der Waals surface area contributed by atoms with Crippen LogP contribution in [0.1, 0.15) is 35.7 Å². The molecule has 156 valence electrons. The third kappa shape index (κ3) is 4.94. The van der Waals surface area contributed by atoms with Crippen molar-refractivity contribution in [2.24, 2.45) is 5.92 Å². The Balaban J connectivity index is 1.86. The molecule has 0 bridgehead atoms. The zero-order valence-corrected chi connectivity index (χ0v) is 18.8. The number of benzene rings is 2. The van der Waals surface area contributed by atoms with E-state index in [2.05, 4.69) is 0 Å². The minimum absolute atomic E-state index is 0.0229. The number of halogens is 2. The maximum Gasteiger partial charge on any atom is 0.253 e. The smallest absolute Gasteiger partial charge is 0.253 e. The van der Waals surface area contributed by atoms with Gasteiger partial charge in [0.25, 0.3) is 5.91 Å². The van der Waals surface area contributed by atoms with Crippen LogP contribution in [0.15, 0.2) is 47.4 Å². The molecule has 1 atom stereocenters. The summed E-state index contributed by atoms with van der Waals surface area (Å²) in [5.74, 6) is -0.00563. The molecule has 2 aromatic rings. The van der Waals surface area contributed by atoms with Crippen LogP contribution < -0.4 is 0 Å². The van der Waals surface area contributed by atoms with Crippen LogP contribution >= 0.6 is 23.2 Å². The van der Waals surface area contributed by atoms with Gasteiger partial charge in [0.1, 0.15) is 4.90 Å². The molecule has 5 nitrogen and oxygen atoms in total. The SMILES string of the molecule is CC1CCCN(S(=O)(=O)c2cc(C(=O)N(C)Cc3ccccc3Cl)ccc2Cl)C1. The van der Waals surface area contributed by atoms with Gasteiger partial charge >= 0.3 is 0 Å². The van der Waals surface area contributed by atoms with Crippen LogP contribution in [0.4, 0.5) is 0 Å². The first kappa shape index (κ1) is 22.1. The zero-order chi connectivity index (χ0) is 21.2. The summed E-state index contributed by atoms with van der Waals surface area (Å²) in [5.41, 5.74) is 1.08. The molecular weight excluding hydrogens is 431 g/mol. The van der Waals surface area contributed by atoms with E-state index in [-0.39, 0.29) is 21.4 Å². The Morgan fingerprint density at radius 3 is 2.59 bits per heavy atom. The Morgan fingerprint density at radius 1 is 1.17 bits per heavy atom. The Bertz CT molecular complexity index is 1010. The first-order valence-corrected chi connectivity index (χ1v) is 11.7. The number of sulfonamides is 1. The van der Waals surface area contributed by atoms with Gasteiger partial charge in [-0.3, -0.25) is 4.79 Å². The monoisotopic (exact) mass is 454 g/mol. The second-order valence-corrected chi connectivity index (χ2v) is 10.2. The van der Waals surface area contributed by atoms with Gasteiger partial charge in [-0.2, -0.15) is 4.31 Å². The molecule has 0 aromatic heterocycles. The number of piperidine rings is 1. The van der Waals surface area contributed by atoms with Crippen molar-refractivity contribution < 1.29 is 13.2 Å². The summed E-state index contributed by atoms with van der Waals surface area (Å²) >= 11 is 12.4. The fourth-order valence-electron chi connectivity index (χ4n) is 3.51. The van der Waals surface area contributed by atoms with E-state index < -0.39 is 10.0 Å². The highest BCUT2D eigenvalue weighted by Crippen LogP contribution is 2.29. The molecule has 1 amide bonds. The fourth-order valence-corrected chi connectivity index (χ4v) is 5.81. The number of nitrogens with zero attached hydrogens (tertiary/aromatic N) is 2. The molecule has 29 heavy (non-hydrogen) atoms. The third-order valence-electron chi connectivity index (χ3n) is 5.13. The van der Waals surface area contributed by atoms with Crippen molar-refractivity contribution in [3.8, 4) is 0 Å². The van der Waals surface area contributed by atoms with Gasteiger partial charge in [-0.25, -0.2) is 8.42 Å². The van der Waals surface area contributed by atoms with E-state index in [1.165, 1.54) is 21.3 Å². The van der Waals surface area contributed by atoms with Crippen LogP contribution in [0, 0.1) is 5.92 Å². The molecule has 3 rings (SSSR count). The molecule has 1 saturated heterocycles. The van der Waals surface area contributed by atoms with E-state index in [1.807, 2.05) is 25.1 Å². The van der Waals surface area contributed by atoms with Crippen molar-refractivity contribution in [3.05, 3.63) is 63.6 Å². The molecule has 0 spiro atoms. The van der Waals surface area contributed by atoms with Crippen LogP contribution in [0.3, 0.4) is 0 Å². The molecule has 1 aliphatic rings. The third-order valence-corrected chi connectivity index (χ3v) is 7.84. The summed E-state index contributed by atoms with van der Waals surface area (Å²) < 4.78 is 27.7. The van der Waals surface area contributed by atoms with Crippen LogP contribution in [0.25, 0.3) is 0 Å². The lowest BCUT2D eigenvalue weighted by Gasteiger charge is -2.30. The zero-order valence-electron chi connectivity index (χ0n) is 16.4. The quantitative estimate of drug-likeness (QED) is 0.658. The summed E-state index contributed by atoms with van der Waals surface area (Å²) in [7, 11) is -2.11. The first-order valence-electron chi connectivity index (χ1n) is 9.48. The molecule has 0 saturated carbocycles. The van der Waals surface area contributed by atoms with Gasteiger partial charge in [-0.1, -0.05) is 48.3 Å². The largest absolute Gasteiger partial charge is 0.337 e. The van der Waals surface area contributed by atoms with Crippen LogP contribution in [0.2, 0.25) is 10.0 Å². The number of carbonyl (C=O) groups is 1. The summed E-state index contributed by atoms with van der Waals surface area (Å²) in [6.07, 6.45) is 1.82. The highest BCUT2D eigenvalue weighted by atomic mass is 35.5. The highest BCUT2D eigenvalue weighted by molar-refractivity contribution is 7.89. The van der Waals surface area contributed by atoms with Crippen LogP contribution in [-0.2, 0) is 16.6 Å². The summed E-state index contributed by atoms with van der Waals surface area (Å²) in [6, 6.07) is 11.7. The Morgan fingerprint density at radius 2 is 1.90 bits per heavy atom. The number of hydrogen-bond acceptors (Lipinski definition) is 3. The summed E-state index contributed by atoms with van der Waals surface area (Å²) in [5, 5.41) is 0.694. The fraction of sp³-hybridized carbons (Fsp3) is 0.381. The van der Waals surface area contributed by atoms with E-state index in [0.717, 1.165) is 18.4 Å². The average molecular weight is 455 g/mol. The van der Waals surface area contributed by atoms with Crippen molar-refractivity contribution in [3.63, 3.8) is 0 Å². The van der Waals surface area contributed by atoms with E-state index in [0.29, 0.717) is 30.6 Å². The normalized spacial score (nSPS) is 17.9. The van der Waals surface area contributed by atoms with Crippen molar-refractivity contribution >= 4 is 39.1 Å². The molecule has 8 heteroatoms. The van der Waals surface area contributed by atoms with E-state index in [4.69, 9.17) is 23.2 Å². The minimum atomic E-state index is -3.76. The highest BCUT2D eigenvalue weighted by Gasteiger charge is 2.31. The maximum atomic E-state index is 13.1. The van der Waals surface area contributed by atoms with Crippen molar-refractivity contribution in [2.75, 3.05) is 20.1 Å². The Hall–Kier alpha value is -1.60. The Kier molecular flexibility index (Phi) is 6.89. The predicted molar refractivity (Wildman–Crippen MR) is 116 cm³/mol. The van der Waals surface area contributed by atoms with Gasteiger partial charge in [0.05, 0.1) is 5.02 Å². The number of amides is 1. The maximum absolute atomic E-state index is 13.1. The standard InChI is InChI=1S/C21H24Cl2N2O3S/c1-15-6-5-11-25(13-15)29(27,28)20-12-16(9-10-19(20)23)21(26)24(2)14-17-7-3-4-8-18(17)22/h3-4,7-10,12,15H,5-6,11,13-14H2,1-2H3. The first-order chi connectivity index (χ1) is 13.7. The second-order valence-electron chi connectivity index (χ2n) is 7.51. The van der Waals surface area contributed by atoms with Crippen molar-refractivity contribution in [1.29, 1.82) is 0 Å².